The van der Waals surface area contributed by atoms with E-state index in [1.54, 1.807) is 13.0 Å². The summed E-state index contributed by atoms with van der Waals surface area (Å²) in [5, 5.41) is 13.1. The Balaban J connectivity index is 1.53. The Labute approximate surface area is 205 Å². The minimum absolute atomic E-state index is 0.0124. The molecule has 0 unspecified atom stereocenters. The molecule has 36 heavy (non-hydrogen) atoms. The molecule has 1 aliphatic carbocycles. The molecule has 0 aromatic carbocycles. The number of pyridine rings is 1. The highest BCUT2D eigenvalue weighted by Gasteiger charge is 2.40. The molecule has 2 aromatic rings. The van der Waals surface area contributed by atoms with Gasteiger partial charge in [0.1, 0.15) is 5.65 Å². The third kappa shape index (κ3) is 6.23. The molecule has 1 saturated carbocycles. The van der Waals surface area contributed by atoms with Gasteiger partial charge in [-0.15, -0.1) is 0 Å². The lowest BCUT2D eigenvalue weighted by atomic mass is 9.83. The Morgan fingerprint density at radius 3 is 2.53 bits per heavy atom. The molecule has 2 fully saturated rings. The number of amides is 1. The summed E-state index contributed by atoms with van der Waals surface area (Å²) in [6, 6.07) is 3.10. The fraction of sp³-hybridized carbons (Fsp3) is 0.600. The van der Waals surface area contributed by atoms with Crippen molar-refractivity contribution in [3.05, 3.63) is 40.9 Å². The van der Waals surface area contributed by atoms with Gasteiger partial charge in [0, 0.05) is 57.2 Å². The lowest BCUT2D eigenvalue weighted by molar-refractivity contribution is -0.141. The van der Waals surface area contributed by atoms with Gasteiger partial charge in [-0.3, -0.25) is 4.79 Å². The zero-order valence-corrected chi connectivity index (χ0v) is 20.0. The molecular formula is C25H30F5N3O3. The second-order valence-electron chi connectivity index (χ2n) is 9.92. The molecule has 11 heteroatoms. The second-order valence-corrected chi connectivity index (χ2v) is 9.92. The van der Waals surface area contributed by atoms with Crippen LogP contribution in [-0.2, 0) is 22.1 Å². The fourth-order valence-electron chi connectivity index (χ4n) is 4.96. The first-order valence-corrected chi connectivity index (χ1v) is 12.1. The van der Waals surface area contributed by atoms with Crippen LogP contribution in [0, 0.1) is 12.8 Å². The molecule has 2 N–H and O–H groups in total. The van der Waals surface area contributed by atoms with Crippen molar-refractivity contribution in [2.45, 2.75) is 69.6 Å². The highest BCUT2D eigenvalue weighted by atomic mass is 19.4. The number of nitrogens with one attached hydrogen (secondary N) is 1. The molecule has 6 nitrogen and oxygen atoms in total. The van der Waals surface area contributed by atoms with Crippen LogP contribution < -0.4 is 5.32 Å². The Kier molecular flexibility index (Phi) is 7.43. The predicted octanol–water partition coefficient (Wildman–Crippen LogP) is 4.70. The number of carbonyl (C=O) groups is 1. The van der Waals surface area contributed by atoms with E-state index >= 15 is 0 Å². The summed E-state index contributed by atoms with van der Waals surface area (Å²) in [7, 11) is 0. The van der Waals surface area contributed by atoms with Gasteiger partial charge in [-0.2, -0.15) is 13.2 Å². The largest absolute Gasteiger partial charge is 0.435 e. The molecule has 2 aliphatic rings. The van der Waals surface area contributed by atoms with Crippen LogP contribution in [-0.4, -0.2) is 51.7 Å². The van der Waals surface area contributed by atoms with Crippen LogP contribution in [0.15, 0.2) is 18.2 Å². The normalized spacial score (nSPS) is 20.8. The lowest BCUT2D eigenvalue weighted by Crippen LogP contribution is -2.46. The van der Waals surface area contributed by atoms with Crippen LogP contribution >= 0.6 is 0 Å². The summed E-state index contributed by atoms with van der Waals surface area (Å²) in [6.45, 7) is 2.55. The van der Waals surface area contributed by atoms with Crippen molar-refractivity contribution in [2.24, 2.45) is 5.92 Å². The zero-order valence-electron chi connectivity index (χ0n) is 20.0. The van der Waals surface area contributed by atoms with Crippen molar-refractivity contribution in [3.8, 4) is 0 Å². The van der Waals surface area contributed by atoms with E-state index in [2.05, 4.69) is 10.3 Å². The van der Waals surface area contributed by atoms with E-state index in [-0.39, 0.29) is 55.9 Å². The molecule has 2 aromatic heterocycles. The number of aliphatic hydroxyl groups is 1. The first kappa shape index (κ1) is 26.5. The number of rotatable bonds is 6. The van der Waals surface area contributed by atoms with Crippen LogP contribution in [0.3, 0.4) is 0 Å². The third-order valence-corrected chi connectivity index (χ3v) is 7.05. The number of alkyl halides is 5. The zero-order chi connectivity index (χ0) is 26.1. The van der Waals surface area contributed by atoms with Gasteiger partial charge >= 0.3 is 6.18 Å². The van der Waals surface area contributed by atoms with Crippen molar-refractivity contribution in [2.75, 3.05) is 19.8 Å². The molecule has 1 amide bonds. The number of aryl methyl sites for hydroxylation is 1. The molecule has 0 spiro atoms. The van der Waals surface area contributed by atoms with E-state index in [0.29, 0.717) is 37.3 Å². The summed E-state index contributed by atoms with van der Waals surface area (Å²) in [6.07, 6.45) is -1.44. The molecule has 198 valence electrons. The number of nitrogens with zero attached hydrogens (tertiary/aromatic N) is 2. The highest BCUT2D eigenvalue weighted by molar-refractivity contribution is 5.91. The Hall–Kier alpha value is -2.53. The number of aromatic nitrogens is 2. The number of halogens is 5. The number of ether oxygens (including phenoxy) is 1. The highest BCUT2D eigenvalue weighted by Crippen LogP contribution is 2.40. The van der Waals surface area contributed by atoms with Crippen LogP contribution in [0.1, 0.15) is 61.2 Å². The van der Waals surface area contributed by atoms with Gasteiger partial charge in [0.15, 0.2) is 5.69 Å². The molecular weight excluding hydrogens is 485 g/mol. The van der Waals surface area contributed by atoms with E-state index in [0.717, 1.165) is 0 Å². The maximum atomic E-state index is 13.8. The van der Waals surface area contributed by atoms with Gasteiger partial charge in [0.2, 0.25) is 11.8 Å². The first-order chi connectivity index (χ1) is 16.9. The van der Waals surface area contributed by atoms with E-state index < -0.39 is 29.3 Å². The topological polar surface area (TPSA) is 75.9 Å². The Morgan fingerprint density at radius 1 is 1.22 bits per heavy atom. The SMILES string of the molecule is Cc1cc(C=CC(=O)NCC2(O)CCOCC2)cc2nc(C(F)(F)F)c(CC3CCC(F)(F)CC3)n12. The predicted molar refractivity (Wildman–Crippen MR) is 123 cm³/mol. The Bertz CT molecular complexity index is 1130. The van der Waals surface area contributed by atoms with Crippen LogP contribution in [0.4, 0.5) is 22.0 Å². The molecule has 1 saturated heterocycles. The first-order valence-electron chi connectivity index (χ1n) is 12.1. The molecule has 0 radical (unpaired) electrons. The van der Waals surface area contributed by atoms with Gasteiger partial charge in [-0.25, -0.2) is 13.8 Å². The number of fused-ring (bicyclic) bond motifs is 1. The molecule has 0 atom stereocenters. The minimum Gasteiger partial charge on any atom is -0.388 e. The number of imidazole rings is 1. The average molecular weight is 516 g/mol. The molecule has 1 aliphatic heterocycles. The summed E-state index contributed by atoms with van der Waals surface area (Å²) in [5.41, 5.74) is -0.999. The monoisotopic (exact) mass is 515 g/mol. The minimum atomic E-state index is -4.69. The van der Waals surface area contributed by atoms with Gasteiger partial charge in [0.05, 0.1) is 11.3 Å². The average Bonchev–Trinajstić information content (AvgIpc) is 3.17. The molecule has 3 heterocycles. The number of hydrogen-bond acceptors (Lipinski definition) is 4. The van der Waals surface area contributed by atoms with E-state index in [1.807, 2.05) is 0 Å². The quantitative estimate of drug-likeness (QED) is 0.432. The summed E-state index contributed by atoms with van der Waals surface area (Å²) >= 11 is 0. The van der Waals surface area contributed by atoms with Crippen LogP contribution in [0.5, 0.6) is 0 Å². The van der Waals surface area contributed by atoms with Gasteiger partial charge in [-0.1, -0.05) is 0 Å². The maximum absolute atomic E-state index is 13.8. The van der Waals surface area contributed by atoms with Crippen molar-refractivity contribution in [3.63, 3.8) is 0 Å². The van der Waals surface area contributed by atoms with E-state index in [1.165, 1.54) is 22.6 Å². The number of hydrogen-bond donors (Lipinski definition) is 2. The second kappa shape index (κ2) is 10.1. The van der Waals surface area contributed by atoms with Gasteiger partial charge in [0.25, 0.3) is 0 Å². The van der Waals surface area contributed by atoms with Crippen molar-refractivity contribution in [1.29, 1.82) is 0 Å². The number of carbonyl (C=O) groups excluding carboxylic acids is 1. The van der Waals surface area contributed by atoms with Crippen molar-refractivity contribution >= 4 is 17.6 Å². The van der Waals surface area contributed by atoms with Crippen molar-refractivity contribution in [1.82, 2.24) is 14.7 Å². The van der Waals surface area contributed by atoms with E-state index in [9.17, 15) is 31.9 Å². The smallest absolute Gasteiger partial charge is 0.388 e. The standard InChI is InChI=1S/C25H30F5N3O3/c1-16-12-18(2-3-21(34)31-15-23(35)8-10-36-11-9-23)14-20-32-22(25(28,29)30)19(33(16)20)13-17-4-6-24(26,27)7-5-17/h2-3,12,14,17,35H,4-11,13,15H2,1H3,(H,31,34). The molecule has 0 bridgehead atoms. The summed E-state index contributed by atoms with van der Waals surface area (Å²) in [4.78, 5) is 16.1. The maximum Gasteiger partial charge on any atom is 0.435 e. The van der Waals surface area contributed by atoms with Crippen molar-refractivity contribution < 1.29 is 36.6 Å². The van der Waals surface area contributed by atoms with Gasteiger partial charge < -0.3 is 19.6 Å². The summed E-state index contributed by atoms with van der Waals surface area (Å²) < 4.78 is 75.2. The molecule has 4 rings (SSSR count). The summed E-state index contributed by atoms with van der Waals surface area (Å²) in [5.74, 6) is -3.48. The lowest BCUT2D eigenvalue weighted by Gasteiger charge is -2.31. The van der Waals surface area contributed by atoms with Crippen LogP contribution in [0.25, 0.3) is 11.7 Å². The van der Waals surface area contributed by atoms with Gasteiger partial charge in [-0.05, 0) is 55.9 Å². The van der Waals surface area contributed by atoms with E-state index in [4.69, 9.17) is 4.74 Å². The Morgan fingerprint density at radius 2 is 1.89 bits per heavy atom. The van der Waals surface area contributed by atoms with Crippen LogP contribution in [0.2, 0.25) is 0 Å². The third-order valence-electron chi connectivity index (χ3n) is 7.05. The fourth-order valence-corrected chi connectivity index (χ4v) is 4.96.